The number of rotatable bonds is 5. The second kappa shape index (κ2) is 5.28. The second-order valence-corrected chi connectivity index (χ2v) is 4.36. The van der Waals surface area contributed by atoms with Gasteiger partial charge < -0.3 is 14.8 Å². The van der Waals surface area contributed by atoms with Crippen molar-refractivity contribution < 1.29 is 0 Å². The summed E-state index contributed by atoms with van der Waals surface area (Å²) in [5.74, 6) is 0. The summed E-state index contributed by atoms with van der Waals surface area (Å²) in [4.78, 5) is 6.41. The first-order valence-electron chi connectivity index (χ1n) is 5.72. The zero-order valence-corrected chi connectivity index (χ0v) is 9.39. The molecule has 1 N–H and O–H groups in total. The molecule has 1 aromatic heterocycles. The molecule has 2 heterocycles. The van der Waals surface area contributed by atoms with Crippen molar-refractivity contribution in [3.63, 3.8) is 0 Å². The third-order valence-corrected chi connectivity index (χ3v) is 2.98. The minimum Gasteiger partial charge on any atom is -0.337 e. The number of nitrogens with one attached hydrogen (secondary N) is 1. The Balaban J connectivity index is 1.55. The lowest BCUT2D eigenvalue weighted by Crippen LogP contribution is -2.32. The highest BCUT2D eigenvalue weighted by Crippen LogP contribution is 2.05. The van der Waals surface area contributed by atoms with Gasteiger partial charge in [0.05, 0.1) is 6.33 Å². The first-order chi connectivity index (χ1) is 7.34. The largest absolute Gasteiger partial charge is 0.337 e. The van der Waals surface area contributed by atoms with Crippen molar-refractivity contribution in [2.24, 2.45) is 0 Å². The lowest BCUT2D eigenvalue weighted by Gasteiger charge is -2.12. The van der Waals surface area contributed by atoms with E-state index in [9.17, 15) is 0 Å². The van der Waals surface area contributed by atoms with Crippen LogP contribution in [-0.2, 0) is 6.54 Å². The van der Waals surface area contributed by atoms with E-state index in [1.54, 1.807) is 0 Å². The molecule has 1 aliphatic rings. The van der Waals surface area contributed by atoms with Crippen molar-refractivity contribution >= 4 is 0 Å². The standard InChI is InChI=1S/C11H20N4/c1-14-7-3-11(9-14)13-4-2-6-15-8-5-12-10-15/h5,8,10-11,13H,2-4,6-7,9H2,1H3. The van der Waals surface area contributed by atoms with Crippen molar-refractivity contribution in [1.82, 2.24) is 19.8 Å². The molecule has 2 rings (SSSR count). The summed E-state index contributed by atoms with van der Waals surface area (Å²) in [5, 5.41) is 3.60. The van der Waals surface area contributed by atoms with Gasteiger partial charge in [-0.1, -0.05) is 0 Å². The molecule has 0 aromatic carbocycles. The quantitative estimate of drug-likeness (QED) is 0.718. The van der Waals surface area contributed by atoms with Crippen LogP contribution in [0.25, 0.3) is 0 Å². The third-order valence-electron chi connectivity index (χ3n) is 2.98. The van der Waals surface area contributed by atoms with Crippen LogP contribution in [0.2, 0.25) is 0 Å². The van der Waals surface area contributed by atoms with Gasteiger partial charge in [0.25, 0.3) is 0 Å². The predicted molar refractivity (Wildman–Crippen MR) is 60.7 cm³/mol. The average molecular weight is 208 g/mol. The van der Waals surface area contributed by atoms with Gasteiger partial charge in [-0.15, -0.1) is 0 Å². The molecule has 0 spiro atoms. The molecule has 15 heavy (non-hydrogen) atoms. The molecule has 0 aliphatic carbocycles. The van der Waals surface area contributed by atoms with E-state index < -0.39 is 0 Å². The van der Waals surface area contributed by atoms with Crippen molar-refractivity contribution in [2.75, 3.05) is 26.7 Å². The zero-order chi connectivity index (χ0) is 10.5. The minimum atomic E-state index is 0.706. The van der Waals surface area contributed by atoms with Crippen LogP contribution in [0, 0.1) is 0 Å². The smallest absolute Gasteiger partial charge is 0.0945 e. The number of nitrogens with zero attached hydrogens (tertiary/aromatic N) is 3. The van der Waals surface area contributed by atoms with Gasteiger partial charge in [0.15, 0.2) is 0 Å². The Hall–Kier alpha value is -0.870. The van der Waals surface area contributed by atoms with Gasteiger partial charge in [0.2, 0.25) is 0 Å². The highest BCUT2D eigenvalue weighted by atomic mass is 15.2. The van der Waals surface area contributed by atoms with E-state index in [0.29, 0.717) is 6.04 Å². The van der Waals surface area contributed by atoms with Crippen molar-refractivity contribution in [2.45, 2.75) is 25.4 Å². The molecule has 1 aromatic rings. The van der Waals surface area contributed by atoms with E-state index in [0.717, 1.165) is 13.1 Å². The molecule has 4 heteroatoms. The van der Waals surface area contributed by atoms with Crippen LogP contribution >= 0.6 is 0 Å². The van der Waals surface area contributed by atoms with Gasteiger partial charge in [-0.05, 0) is 33.0 Å². The summed E-state index contributed by atoms with van der Waals surface area (Å²) in [6.45, 7) is 4.61. The van der Waals surface area contributed by atoms with Crippen molar-refractivity contribution in [3.8, 4) is 0 Å². The van der Waals surface area contributed by atoms with Crippen molar-refractivity contribution in [1.29, 1.82) is 0 Å². The summed E-state index contributed by atoms with van der Waals surface area (Å²) in [7, 11) is 2.19. The van der Waals surface area contributed by atoms with E-state index in [1.807, 2.05) is 18.7 Å². The first kappa shape index (κ1) is 10.6. The van der Waals surface area contributed by atoms with Crippen LogP contribution in [0.1, 0.15) is 12.8 Å². The summed E-state index contributed by atoms with van der Waals surface area (Å²) < 4.78 is 2.13. The van der Waals surface area contributed by atoms with Crippen LogP contribution < -0.4 is 5.32 Å². The summed E-state index contributed by atoms with van der Waals surface area (Å²) >= 11 is 0. The fourth-order valence-electron chi connectivity index (χ4n) is 2.09. The third kappa shape index (κ3) is 3.32. The number of likely N-dealkylation sites (tertiary alicyclic amines) is 1. The molecular weight excluding hydrogens is 188 g/mol. The Morgan fingerprint density at radius 1 is 1.53 bits per heavy atom. The molecule has 1 saturated heterocycles. The molecule has 0 bridgehead atoms. The van der Waals surface area contributed by atoms with Crippen LogP contribution in [0.4, 0.5) is 0 Å². The Kier molecular flexibility index (Phi) is 3.75. The number of aryl methyl sites for hydroxylation is 1. The van der Waals surface area contributed by atoms with Gasteiger partial charge in [-0.2, -0.15) is 0 Å². The highest BCUT2D eigenvalue weighted by Gasteiger charge is 2.17. The lowest BCUT2D eigenvalue weighted by molar-refractivity contribution is 0.396. The summed E-state index contributed by atoms with van der Waals surface area (Å²) in [6, 6.07) is 0.706. The molecule has 0 amide bonds. The van der Waals surface area contributed by atoms with E-state index in [2.05, 4.69) is 26.8 Å². The molecule has 1 aliphatic heterocycles. The fourth-order valence-corrected chi connectivity index (χ4v) is 2.09. The average Bonchev–Trinajstić information content (AvgIpc) is 2.84. The molecule has 0 saturated carbocycles. The summed E-state index contributed by atoms with van der Waals surface area (Å²) in [6.07, 6.45) is 8.20. The molecule has 1 atom stereocenters. The maximum absolute atomic E-state index is 4.02. The van der Waals surface area contributed by atoms with Crippen molar-refractivity contribution in [3.05, 3.63) is 18.7 Å². The second-order valence-electron chi connectivity index (χ2n) is 4.36. The first-order valence-corrected chi connectivity index (χ1v) is 5.72. The number of hydrogen-bond donors (Lipinski definition) is 1. The zero-order valence-electron chi connectivity index (χ0n) is 9.39. The van der Waals surface area contributed by atoms with Gasteiger partial charge in [-0.3, -0.25) is 0 Å². The van der Waals surface area contributed by atoms with E-state index in [1.165, 1.54) is 25.9 Å². The molecule has 84 valence electrons. The Morgan fingerprint density at radius 3 is 3.13 bits per heavy atom. The van der Waals surface area contributed by atoms with Crippen LogP contribution in [0.15, 0.2) is 18.7 Å². The SMILES string of the molecule is CN1CCC(NCCCn2ccnc2)C1. The Morgan fingerprint density at radius 2 is 2.47 bits per heavy atom. The number of likely N-dealkylation sites (N-methyl/N-ethyl adjacent to an activating group) is 1. The maximum atomic E-state index is 4.02. The molecular formula is C11H20N4. The van der Waals surface area contributed by atoms with Gasteiger partial charge >= 0.3 is 0 Å². The van der Waals surface area contributed by atoms with Gasteiger partial charge in [-0.25, -0.2) is 4.98 Å². The summed E-state index contributed by atoms with van der Waals surface area (Å²) in [5.41, 5.74) is 0. The Labute approximate surface area is 91.3 Å². The van der Waals surface area contributed by atoms with Crippen LogP contribution in [-0.4, -0.2) is 47.2 Å². The monoisotopic (exact) mass is 208 g/mol. The number of imidazole rings is 1. The topological polar surface area (TPSA) is 33.1 Å². The molecule has 0 radical (unpaired) electrons. The van der Waals surface area contributed by atoms with E-state index in [4.69, 9.17) is 0 Å². The van der Waals surface area contributed by atoms with Crippen LogP contribution in [0.3, 0.4) is 0 Å². The highest BCUT2D eigenvalue weighted by molar-refractivity contribution is 4.79. The van der Waals surface area contributed by atoms with Gasteiger partial charge in [0.1, 0.15) is 0 Å². The van der Waals surface area contributed by atoms with Gasteiger partial charge in [0, 0.05) is 31.5 Å². The lowest BCUT2D eigenvalue weighted by atomic mass is 10.2. The fraction of sp³-hybridized carbons (Fsp3) is 0.727. The predicted octanol–water partition coefficient (Wildman–Crippen LogP) is 0.567. The van der Waals surface area contributed by atoms with Crippen LogP contribution in [0.5, 0.6) is 0 Å². The van der Waals surface area contributed by atoms with E-state index >= 15 is 0 Å². The molecule has 1 fully saturated rings. The normalized spacial score (nSPS) is 22.3. The van der Waals surface area contributed by atoms with E-state index in [-0.39, 0.29) is 0 Å². The number of aromatic nitrogens is 2. The maximum Gasteiger partial charge on any atom is 0.0945 e. The Bertz CT molecular complexity index is 270. The molecule has 4 nitrogen and oxygen atoms in total. The number of hydrogen-bond acceptors (Lipinski definition) is 3. The minimum absolute atomic E-state index is 0.706. The molecule has 1 unspecified atom stereocenters.